The van der Waals surface area contributed by atoms with Gasteiger partial charge in [0.05, 0.1) is 23.9 Å². The van der Waals surface area contributed by atoms with Crippen molar-refractivity contribution in [1.82, 2.24) is 10.6 Å². The van der Waals surface area contributed by atoms with E-state index in [0.717, 1.165) is 5.56 Å². The average Bonchev–Trinajstić information content (AvgIpc) is 2.45. The highest BCUT2D eigenvalue weighted by Crippen LogP contribution is 2.16. The third-order valence-corrected chi connectivity index (χ3v) is 3.06. The molecule has 0 spiro atoms. The highest BCUT2D eigenvalue weighted by molar-refractivity contribution is 5.95. The van der Waals surface area contributed by atoms with Gasteiger partial charge in [0.25, 0.3) is 0 Å². The first-order valence-electron chi connectivity index (χ1n) is 6.83. The lowest BCUT2D eigenvalue weighted by Crippen LogP contribution is -2.48. The summed E-state index contributed by atoms with van der Waals surface area (Å²) < 4.78 is 5.05. The van der Waals surface area contributed by atoms with E-state index in [1.165, 1.54) is 0 Å². The van der Waals surface area contributed by atoms with Crippen molar-refractivity contribution in [2.45, 2.75) is 19.9 Å². The number of amides is 2. The lowest BCUT2D eigenvalue weighted by Gasteiger charge is -2.25. The maximum atomic E-state index is 12.0. The molecule has 5 nitrogen and oxygen atoms in total. The van der Waals surface area contributed by atoms with Crippen LogP contribution in [0.15, 0.2) is 47.7 Å². The van der Waals surface area contributed by atoms with Gasteiger partial charge in [-0.25, -0.2) is 9.59 Å². The van der Waals surface area contributed by atoms with Gasteiger partial charge in [-0.3, -0.25) is 0 Å². The molecule has 1 aliphatic heterocycles. The Bertz CT molecular complexity index is 591. The standard InChI is InChI=1S/C16H18N2O3/c1-3-21-15(19)14-11(2)17-16(20)18-13(14)10-9-12-7-5-4-6-8-12/h4-11H,3H2,1-2H3,(H2,17,18,20)/b10-9-/t11-/m0/s1. The van der Waals surface area contributed by atoms with E-state index in [1.54, 1.807) is 19.9 Å². The van der Waals surface area contributed by atoms with Gasteiger partial charge in [0.1, 0.15) is 0 Å². The number of carbonyl (C=O) groups excluding carboxylic acids is 2. The predicted molar refractivity (Wildman–Crippen MR) is 80.3 cm³/mol. The molecule has 2 amide bonds. The van der Waals surface area contributed by atoms with Crippen LogP contribution in [0, 0.1) is 0 Å². The maximum Gasteiger partial charge on any atom is 0.338 e. The molecule has 1 aliphatic rings. The molecule has 1 atom stereocenters. The fourth-order valence-electron chi connectivity index (χ4n) is 2.10. The SMILES string of the molecule is CCOC(=O)C1=C(/C=C\c2ccccc2)NC(=O)N[C@H]1C. The van der Waals surface area contributed by atoms with Gasteiger partial charge in [-0.2, -0.15) is 0 Å². The topological polar surface area (TPSA) is 67.4 Å². The van der Waals surface area contributed by atoms with Crippen molar-refractivity contribution in [2.75, 3.05) is 6.61 Å². The van der Waals surface area contributed by atoms with Gasteiger partial charge in [-0.15, -0.1) is 0 Å². The molecule has 0 bridgehead atoms. The molecule has 0 aromatic heterocycles. The van der Waals surface area contributed by atoms with Crippen LogP contribution in [-0.2, 0) is 9.53 Å². The molecule has 0 fully saturated rings. The fourth-order valence-corrected chi connectivity index (χ4v) is 2.10. The molecule has 2 N–H and O–H groups in total. The first kappa shape index (κ1) is 14.8. The molecule has 0 radical (unpaired) electrons. The van der Waals surface area contributed by atoms with E-state index in [-0.39, 0.29) is 6.03 Å². The number of ether oxygens (including phenoxy) is 1. The highest BCUT2D eigenvalue weighted by Gasteiger charge is 2.28. The number of hydrogen-bond donors (Lipinski definition) is 2. The molecule has 110 valence electrons. The Morgan fingerprint density at radius 1 is 1.29 bits per heavy atom. The molecule has 1 heterocycles. The summed E-state index contributed by atoms with van der Waals surface area (Å²) in [6.07, 6.45) is 3.56. The van der Waals surface area contributed by atoms with Crippen LogP contribution in [0.2, 0.25) is 0 Å². The quantitative estimate of drug-likeness (QED) is 0.834. The zero-order valence-corrected chi connectivity index (χ0v) is 12.1. The second-order valence-electron chi connectivity index (χ2n) is 4.61. The van der Waals surface area contributed by atoms with E-state index < -0.39 is 12.0 Å². The second-order valence-corrected chi connectivity index (χ2v) is 4.61. The number of esters is 1. The molecule has 1 aromatic rings. The Labute approximate surface area is 123 Å². The maximum absolute atomic E-state index is 12.0. The van der Waals surface area contributed by atoms with E-state index >= 15 is 0 Å². The van der Waals surface area contributed by atoms with Gasteiger partial charge in [-0.05, 0) is 25.5 Å². The monoisotopic (exact) mass is 286 g/mol. The summed E-state index contributed by atoms with van der Waals surface area (Å²) in [5.41, 5.74) is 1.87. The molecule has 1 aromatic carbocycles. The number of hydrogen-bond acceptors (Lipinski definition) is 3. The van der Waals surface area contributed by atoms with Crippen molar-refractivity contribution in [3.63, 3.8) is 0 Å². The summed E-state index contributed by atoms with van der Waals surface area (Å²) in [6.45, 7) is 3.79. The van der Waals surface area contributed by atoms with E-state index in [9.17, 15) is 9.59 Å². The summed E-state index contributed by atoms with van der Waals surface area (Å²) >= 11 is 0. The zero-order chi connectivity index (χ0) is 15.2. The smallest absolute Gasteiger partial charge is 0.338 e. The second kappa shape index (κ2) is 6.74. The van der Waals surface area contributed by atoms with Gasteiger partial charge in [0.2, 0.25) is 0 Å². The molecule has 0 saturated carbocycles. The van der Waals surface area contributed by atoms with Crippen LogP contribution in [0.3, 0.4) is 0 Å². The number of nitrogens with one attached hydrogen (secondary N) is 2. The van der Waals surface area contributed by atoms with E-state index in [0.29, 0.717) is 17.9 Å². The van der Waals surface area contributed by atoms with Crippen LogP contribution in [0.25, 0.3) is 6.08 Å². The zero-order valence-electron chi connectivity index (χ0n) is 12.1. The fraction of sp³-hybridized carbons (Fsp3) is 0.250. The molecule has 0 saturated heterocycles. The number of carbonyl (C=O) groups is 2. The van der Waals surface area contributed by atoms with Crippen LogP contribution >= 0.6 is 0 Å². The minimum atomic E-state index is -0.426. The van der Waals surface area contributed by atoms with Gasteiger partial charge in [-0.1, -0.05) is 36.4 Å². The lowest BCUT2D eigenvalue weighted by atomic mass is 10.0. The Morgan fingerprint density at radius 2 is 2.00 bits per heavy atom. The van der Waals surface area contributed by atoms with Crippen LogP contribution in [-0.4, -0.2) is 24.6 Å². The minimum Gasteiger partial charge on any atom is -0.463 e. The number of allylic oxidation sites excluding steroid dienone is 1. The summed E-state index contributed by atoms with van der Waals surface area (Å²) in [7, 11) is 0. The van der Waals surface area contributed by atoms with Gasteiger partial charge in [0, 0.05) is 0 Å². The molecular weight excluding hydrogens is 268 g/mol. The van der Waals surface area contributed by atoms with Crippen molar-refractivity contribution in [2.24, 2.45) is 0 Å². The van der Waals surface area contributed by atoms with Gasteiger partial charge < -0.3 is 15.4 Å². The summed E-state index contributed by atoms with van der Waals surface area (Å²) in [4.78, 5) is 23.6. The van der Waals surface area contributed by atoms with Crippen molar-refractivity contribution >= 4 is 18.1 Å². The third-order valence-electron chi connectivity index (χ3n) is 3.06. The summed E-state index contributed by atoms with van der Waals surface area (Å²) in [6, 6.07) is 8.92. The Hall–Kier alpha value is -2.56. The van der Waals surface area contributed by atoms with Crippen molar-refractivity contribution < 1.29 is 14.3 Å². The van der Waals surface area contributed by atoms with Crippen LogP contribution in [0.5, 0.6) is 0 Å². The number of benzene rings is 1. The first-order chi connectivity index (χ1) is 10.1. The largest absolute Gasteiger partial charge is 0.463 e. The molecule has 21 heavy (non-hydrogen) atoms. The minimum absolute atomic E-state index is 0.290. The molecular formula is C16H18N2O3. The molecule has 0 aliphatic carbocycles. The molecule has 5 heteroatoms. The average molecular weight is 286 g/mol. The Kier molecular flexibility index (Phi) is 4.77. The summed E-state index contributed by atoms with van der Waals surface area (Å²) in [5.74, 6) is -0.426. The highest BCUT2D eigenvalue weighted by atomic mass is 16.5. The van der Waals surface area contributed by atoms with Gasteiger partial charge >= 0.3 is 12.0 Å². The van der Waals surface area contributed by atoms with Crippen molar-refractivity contribution in [1.29, 1.82) is 0 Å². The molecule has 2 rings (SSSR count). The van der Waals surface area contributed by atoms with E-state index in [1.807, 2.05) is 36.4 Å². The third kappa shape index (κ3) is 3.72. The Morgan fingerprint density at radius 3 is 2.67 bits per heavy atom. The van der Waals surface area contributed by atoms with Crippen molar-refractivity contribution in [3.8, 4) is 0 Å². The van der Waals surface area contributed by atoms with Crippen LogP contribution in [0.4, 0.5) is 4.79 Å². The van der Waals surface area contributed by atoms with Crippen LogP contribution < -0.4 is 10.6 Å². The molecule has 0 unspecified atom stereocenters. The predicted octanol–water partition coefficient (Wildman–Crippen LogP) is 2.22. The van der Waals surface area contributed by atoms with Crippen LogP contribution in [0.1, 0.15) is 19.4 Å². The van der Waals surface area contributed by atoms with E-state index in [2.05, 4.69) is 10.6 Å². The summed E-state index contributed by atoms with van der Waals surface area (Å²) in [5, 5.41) is 5.30. The lowest BCUT2D eigenvalue weighted by molar-refractivity contribution is -0.138. The number of urea groups is 1. The first-order valence-corrected chi connectivity index (χ1v) is 6.83. The Balaban J connectivity index is 2.33. The normalized spacial score (nSPS) is 18.4. The number of rotatable bonds is 4. The van der Waals surface area contributed by atoms with E-state index in [4.69, 9.17) is 4.74 Å². The van der Waals surface area contributed by atoms with Crippen molar-refractivity contribution in [3.05, 3.63) is 53.2 Å². The van der Waals surface area contributed by atoms with Gasteiger partial charge in [0.15, 0.2) is 0 Å².